The summed E-state index contributed by atoms with van der Waals surface area (Å²) < 4.78 is 29.0. The van der Waals surface area contributed by atoms with Crippen LogP contribution in [0.3, 0.4) is 0 Å². The Morgan fingerprint density at radius 1 is 1.32 bits per heavy atom. The minimum absolute atomic E-state index is 0.334. The topological polar surface area (TPSA) is 29.9 Å². The molecule has 0 saturated carbocycles. The average molecular weight is 265 g/mol. The largest absolute Gasteiger partial charge is 0.309 e. The molecule has 5 heteroatoms. The van der Waals surface area contributed by atoms with Gasteiger partial charge >= 0.3 is 0 Å². The van der Waals surface area contributed by atoms with Crippen LogP contribution >= 0.6 is 0 Å². The van der Waals surface area contributed by atoms with Crippen LogP contribution in [0.5, 0.6) is 0 Å². The van der Waals surface area contributed by atoms with Crippen LogP contribution < -0.4 is 5.32 Å². The lowest BCUT2D eigenvalue weighted by molar-refractivity contribution is 0.547. The summed E-state index contributed by atoms with van der Waals surface area (Å²) in [4.78, 5) is 0. The third-order valence-electron chi connectivity index (χ3n) is 3.19. The van der Waals surface area contributed by atoms with Crippen LogP contribution in [0.25, 0.3) is 0 Å². The molecule has 0 fully saturated rings. The molecular weight excluding hydrogens is 248 g/mol. The highest BCUT2D eigenvalue weighted by molar-refractivity contribution is 5.34. The van der Waals surface area contributed by atoms with Gasteiger partial charge in [-0.25, -0.2) is 8.78 Å². The zero-order valence-corrected chi connectivity index (χ0v) is 11.2. The fourth-order valence-corrected chi connectivity index (χ4v) is 2.10. The van der Waals surface area contributed by atoms with E-state index in [0.717, 1.165) is 18.2 Å². The van der Waals surface area contributed by atoms with Crippen LogP contribution in [0.2, 0.25) is 0 Å². The van der Waals surface area contributed by atoms with Crippen LogP contribution in [0.1, 0.15) is 29.7 Å². The van der Waals surface area contributed by atoms with Crippen molar-refractivity contribution >= 4 is 0 Å². The van der Waals surface area contributed by atoms with Crippen molar-refractivity contribution in [3.8, 4) is 0 Å². The molecule has 2 aromatic rings. The highest BCUT2D eigenvalue weighted by Crippen LogP contribution is 2.26. The fraction of sp³-hybridized carbons (Fsp3) is 0.357. The van der Waals surface area contributed by atoms with E-state index in [0.29, 0.717) is 11.1 Å². The summed E-state index contributed by atoms with van der Waals surface area (Å²) in [5.74, 6) is -1.08. The van der Waals surface area contributed by atoms with Gasteiger partial charge in [0, 0.05) is 29.9 Å². The van der Waals surface area contributed by atoms with E-state index in [9.17, 15) is 8.78 Å². The van der Waals surface area contributed by atoms with Crippen LogP contribution in [0.4, 0.5) is 8.78 Å². The van der Waals surface area contributed by atoms with Gasteiger partial charge in [0.2, 0.25) is 0 Å². The van der Waals surface area contributed by atoms with Crippen molar-refractivity contribution in [2.75, 3.05) is 7.05 Å². The zero-order valence-electron chi connectivity index (χ0n) is 11.2. The number of nitrogens with one attached hydrogen (secondary N) is 1. The van der Waals surface area contributed by atoms with Gasteiger partial charge in [-0.15, -0.1) is 0 Å². The fourth-order valence-electron chi connectivity index (χ4n) is 2.10. The third-order valence-corrected chi connectivity index (χ3v) is 3.19. The number of halogens is 2. The summed E-state index contributed by atoms with van der Waals surface area (Å²) in [5.41, 5.74) is 1.71. The highest BCUT2D eigenvalue weighted by Gasteiger charge is 2.19. The first kappa shape index (κ1) is 13.7. The molecule has 0 bridgehead atoms. The summed E-state index contributed by atoms with van der Waals surface area (Å²) >= 11 is 0. The molecule has 0 spiro atoms. The molecule has 1 N–H and O–H groups in total. The number of nitrogens with zero attached hydrogens (tertiary/aromatic N) is 2. The molecule has 1 atom stereocenters. The van der Waals surface area contributed by atoms with Gasteiger partial charge < -0.3 is 5.32 Å². The lowest BCUT2D eigenvalue weighted by Crippen LogP contribution is -2.19. The van der Waals surface area contributed by atoms with Gasteiger partial charge in [0.1, 0.15) is 11.6 Å². The zero-order chi connectivity index (χ0) is 14.0. The molecule has 0 aliphatic carbocycles. The first-order valence-electron chi connectivity index (χ1n) is 6.22. The molecule has 0 aliphatic heterocycles. The lowest BCUT2D eigenvalue weighted by Gasteiger charge is -2.16. The van der Waals surface area contributed by atoms with E-state index in [2.05, 4.69) is 10.4 Å². The van der Waals surface area contributed by atoms with Crippen molar-refractivity contribution < 1.29 is 8.78 Å². The summed E-state index contributed by atoms with van der Waals surface area (Å²) in [6.45, 7) is 4.36. The molecule has 1 aromatic carbocycles. The van der Waals surface area contributed by atoms with Crippen molar-refractivity contribution in [1.29, 1.82) is 0 Å². The summed E-state index contributed by atoms with van der Waals surface area (Å²) in [5, 5.41) is 7.22. The Morgan fingerprint density at radius 3 is 2.63 bits per heavy atom. The van der Waals surface area contributed by atoms with Crippen molar-refractivity contribution in [1.82, 2.24) is 15.1 Å². The van der Waals surface area contributed by atoms with Crippen molar-refractivity contribution in [3.05, 3.63) is 52.9 Å². The molecule has 19 heavy (non-hydrogen) atoms. The quantitative estimate of drug-likeness (QED) is 0.921. The number of aryl methyl sites for hydroxylation is 2. The Bertz CT molecular complexity index is 578. The van der Waals surface area contributed by atoms with Gasteiger partial charge in [-0.2, -0.15) is 5.10 Å². The van der Waals surface area contributed by atoms with Crippen LogP contribution in [0.15, 0.2) is 24.5 Å². The van der Waals surface area contributed by atoms with E-state index < -0.39 is 11.6 Å². The number of aromatic nitrogens is 2. The molecule has 2 rings (SSSR count). The van der Waals surface area contributed by atoms with Crippen molar-refractivity contribution in [3.63, 3.8) is 0 Å². The van der Waals surface area contributed by atoms with Gasteiger partial charge in [0.05, 0.1) is 12.2 Å². The summed E-state index contributed by atoms with van der Waals surface area (Å²) in [7, 11) is 1.74. The average Bonchev–Trinajstić information content (AvgIpc) is 2.85. The van der Waals surface area contributed by atoms with E-state index in [1.807, 2.05) is 13.1 Å². The molecule has 1 unspecified atom stereocenters. The maximum absolute atomic E-state index is 13.9. The van der Waals surface area contributed by atoms with Crippen molar-refractivity contribution in [2.24, 2.45) is 0 Å². The second kappa shape index (κ2) is 5.48. The Kier molecular flexibility index (Phi) is 3.95. The Hall–Kier alpha value is -1.75. The normalized spacial score (nSPS) is 12.7. The predicted molar refractivity (Wildman–Crippen MR) is 69.9 cm³/mol. The Morgan fingerprint density at radius 2 is 2.05 bits per heavy atom. The lowest BCUT2D eigenvalue weighted by atomic mass is 9.99. The molecule has 102 valence electrons. The number of hydrogen-bond acceptors (Lipinski definition) is 2. The number of hydrogen-bond donors (Lipinski definition) is 1. The second-order valence-corrected chi connectivity index (χ2v) is 4.47. The molecule has 3 nitrogen and oxygen atoms in total. The summed E-state index contributed by atoms with van der Waals surface area (Å²) in [6, 6.07) is 2.13. The molecule has 0 saturated heterocycles. The first-order chi connectivity index (χ1) is 9.06. The van der Waals surface area contributed by atoms with Gasteiger partial charge in [-0.3, -0.25) is 4.68 Å². The predicted octanol–water partition coefficient (Wildman–Crippen LogP) is 2.80. The van der Waals surface area contributed by atoms with E-state index in [4.69, 9.17) is 0 Å². The van der Waals surface area contributed by atoms with Gasteiger partial charge in [-0.1, -0.05) is 0 Å². The minimum atomic E-state index is -0.549. The molecule has 0 radical (unpaired) electrons. The molecule has 1 heterocycles. The van der Waals surface area contributed by atoms with Crippen LogP contribution in [0, 0.1) is 18.6 Å². The highest BCUT2D eigenvalue weighted by atomic mass is 19.1. The maximum Gasteiger partial charge on any atom is 0.131 e. The van der Waals surface area contributed by atoms with Crippen LogP contribution in [-0.2, 0) is 6.54 Å². The number of rotatable bonds is 4. The molecular formula is C14H17F2N3. The third kappa shape index (κ3) is 2.66. The van der Waals surface area contributed by atoms with E-state index in [1.54, 1.807) is 24.9 Å². The van der Waals surface area contributed by atoms with E-state index >= 15 is 0 Å². The monoisotopic (exact) mass is 265 g/mol. The van der Waals surface area contributed by atoms with Crippen LogP contribution in [-0.4, -0.2) is 16.8 Å². The molecule has 1 aromatic heterocycles. The molecule has 0 aliphatic rings. The second-order valence-electron chi connectivity index (χ2n) is 4.47. The SMILES string of the molecule is CCn1cc(C(NC)c2cc(C)c(F)cc2F)cn1. The first-order valence-corrected chi connectivity index (χ1v) is 6.22. The van der Waals surface area contributed by atoms with E-state index in [1.165, 1.54) is 6.07 Å². The standard InChI is InChI=1S/C14H17F2N3/c1-4-19-8-10(7-18-19)14(17-3)11-5-9(2)12(15)6-13(11)16/h5-8,14,17H,4H2,1-3H3. The Balaban J connectivity index is 2.44. The van der Waals surface area contributed by atoms with Crippen molar-refractivity contribution in [2.45, 2.75) is 26.4 Å². The smallest absolute Gasteiger partial charge is 0.131 e. The Labute approximate surface area is 111 Å². The summed E-state index contributed by atoms with van der Waals surface area (Å²) in [6.07, 6.45) is 3.56. The maximum atomic E-state index is 13.9. The molecule has 0 amide bonds. The van der Waals surface area contributed by atoms with E-state index in [-0.39, 0.29) is 6.04 Å². The van der Waals surface area contributed by atoms with Gasteiger partial charge in [0.25, 0.3) is 0 Å². The van der Waals surface area contributed by atoms with Gasteiger partial charge in [-0.05, 0) is 32.5 Å². The minimum Gasteiger partial charge on any atom is -0.309 e. The number of benzene rings is 1. The van der Waals surface area contributed by atoms with Gasteiger partial charge in [0.15, 0.2) is 0 Å².